The smallest absolute Gasteiger partial charge is 0.252 e. The quantitative estimate of drug-likeness (QED) is 0.842. The lowest BCUT2D eigenvalue weighted by molar-refractivity contribution is 0.0935. The van der Waals surface area contributed by atoms with Gasteiger partial charge in [-0.1, -0.05) is 11.6 Å². The monoisotopic (exact) mass is 378 g/mol. The number of nitrogens with one attached hydrogen (secondary N) is 1. The Morgan fingerprint density at radius 3 is 2.65 bits per heavy atom. The molecule has 0 spiro atoms. The van der Waals surface area contributed by atoms with E-state index >= 15 is 0 Å². The fourth-order valence-corrected chi connectivity index (χ4v) is 3.69. The highest BCUT2D eigenvalue weighted by Gasteiger charge is 2.21. The molecule has 1 aliphatic heterocycles. The number of aryl methyl sites for hydroxylation is 2. The molecule has 0 saturated carbocycles. The molecule has 0 radical (unpaired) electrons. The second-order valence-corrected chi connectivity index (χ2v) is 7.40. The third-order valence-corrected chi connectivity index (χ3v) is 5.28. The summed E-state index contributed by atoms with van der Waals surface area (Å²) in [6.07, 6.45) is 2.07. The van der Waals surface area contributed by atoms with Crippen LogP contribution in [-0.2, 0) is 6.54 Å². The summed E-state index contributed by atoms with van der Waals surface area (Å²) in [5, 5.41) is 3.07. The van der Waals surface area contributed by atoms with Crippen LogP contribution in [0.4, 0.5) is 4.39 Å². The molecular weight excluding hydrogens is 355 g/mol. The van der Waals surface area contributed by atoms with Gasteiger partial charge < -0.3 is 9.73 Å². The Kier molecular flexibility index (Phi) is 5.99. The van der Waals surface area contributed by atoms with Crippen molar-refractivity contribution in [2.75, 3.05) is 19.6 Å². The molecular formula is C20H24ClFN2O2. The van der Waals surface area contributed by atoms with E-state index in [0.29, 0.717) is 18.0 Å². The molecule has 1 N–H and O–H groups in total. The summed E-state index contributed by atoms with van der Waals surface area (Å²) in [7, 11) is 0. The molecule has 1 saturated heterocycles. The molecule has 1 aromatic heterocycles. The highest BCUT2D eigenvalue weighted by Crippen LogP contribution is 2.22. The molecule has 1 amide bonds. The largest absolute Gasteiger partial charge is 0.466 e. The number of carbonyl (C=O) groups is 1. The predicted molar refractivity (Wildman–Crippen MR) is 99.9 cm³/mol. The highest BCUT2D eigenvalue weighted by atomic mass is 35.5. The molecule has 2 heterocycles. The Morgan fingerprint density at radius 1 is 1.31 bits per heavy atom. The molecule has 1 fully saturated rings. The predicted octanol–water partition coefficient (Wildman–Crippen LogP) is 4.33. The maximum atomic E-state index is 13.1. The molecule has 4 nitrogen and oxygen atoms in total. The van der Waals surface area contributed by atoms with Crippen LogP contribution in [-0.4, -0.2) is 30.4 Å². The number of hydrogen-bond acceptors (Lipinski definition) is 3. The number of likely N-dealkylation sites (tertiary alicyclic amines) is 1. The molecule has 26 heavy (non-hydrogen) atoms. The molecule has 140 valence electrons. The Balaban J connectivity index is 1.45. The number of amides is 1. The lowest BCUT2D eigenvalue weighted by Gasteiger charge is -2.31. The molecule has 0 bridgehead atoms. The summed E-state index contributed by atoms with van der Waals surface area (Å²) >= 11 is 5.94. The summed E-state index contributed by atoms with van der Waals surface area (Å²) in [6.45, 7) is 7.50. The first-order valence-corrected chi connectivity index (χ1v) is 9.31. The number of halogens is 2. The molecule has 3 rings (SSSR count). The Bertz CT molecular complexity index is 782. The molecule has 0 unspecified atom stereocenters. The molecule has 1 aliphatic rings. The highest BCUT2D eigenvalue weighted by molar-refractivity contribution is 6.33. The SMILES string of the molecule is Cc1cc(CN2CCC(CNC(=O)c3ccc(F)cc3Cl)CC2)c(C)o1. The first-order chi connectivity index (χ1) is 12.4. The zero-order valence-electron chi connectivity index (χ0n) is 15.1. The van der Waals surface area contributed by atoms with Gasteiger partial charge >= 0.3 is 0 Å². The van der Waals surface area contributed by atoms with Crippen molar-refractivity contribution in [1.82, 2.24) is 10.2 Å². The van der Waals surface area contributed by atoms with E-state index in [2.05, 4.69) is 16.3 Å². The second-order valence-electron chi connectivity index (χ2n) is 6.99. The topological polar surface area (TPSA) is 45.5 Å². The van der Waals surface area contributed by atoms with Crippen molar-refractivity contribution in [2.45, 2.75) is 33.2 Å². The van der Waals surface area contributed by atoms with Gasteiger partial charge in [0.2, 0.25) is 0 Å². The van der Waals surface area contributed by atoms with E-state index in [9.17, 15) is 9.18 Å². The first-order valence-electron chi connectivity index (χ1n) is 8.94. The standard InChI is InChI=1S/C20H24ClFN2O2/c1-13-9-16(14(2)26-13)12-24-7-5-15(6-8-24)11-23-20(25)18-4-3-17(22)10-19(18)21/h3-4,9-10,15H,5-8,11-12H2,1-2H3,(H,23,25). The number of furan rings is 1. The number of carbonyl (C=O) groups excluding carboxylic acids is 1. The number of nitrogens with zero attached hydrogens (tertiary/aromatic N) is 1. The van der Waals surface area contributed by atoms with E-state index in [1.54, 1.807) is 0 Å². The van der Waals surface area contributed by atoms with Crippen LogP contribution in [0, 0.1) is 25.6 Å². The number of hydrogen-bond donors (Lipinski definition) is 1. The molecule has 1 aromatic carbocycles. The van der Waals surface area contributed by atoms with Crippen molar-refractivity contribution in [3.63, 3.8) is 0 Å². The van der Waals surface area contributed by atoms with Gasteiger partial charge in [-0.25, -0.2) is 4.39 Å². The van der Waals surface area contributed by atoms with Gasteiger partial charge in [0.1, 0.15) is 17.3 Å². The lowest BCUT2D eigenvalue weighted by Crippen LogP contribution is -2.38. The second kappa shape index (κ2) is 8.23. The van der Waals surface area contributed by atoms with Crippen molar-refractivity contribution >= 4 is 17.5 Å². The maximum Gasteiger partial charge on any atom is 0.252 e. The van der Waals surface area contributed by atoms with E-state index in [-0.39, 0.29) is 10.9 Å². The summed E-state index contributed by atoms with van der Waals surface area (Å²) in [5.41, 5.74) is 1.57. The van der Waals surface area contributed by atoms with Crippen LogP contribution in [0.5, 0.6) is 0 Å². The van der Waals surface area contributed by atoms with Crippen LogP contribution in [0.3, 0.4) is 0 Å². The molecule has 0 atom stereocenters. The third kappa shape index (κ3) is 4.65. The van der Waals surface area contributed by atoms with E-state index in [0.717, 1.165) is 50.1 Å². The lowest BCUT2D eigenvalue weighted by atomic mass is 9.96. The Labute approximate surface area is 158 Å². The summed E-state index contributed by atoms with van der Waals surface area (Å²) in [5.74, 6) is 1.70. The van der Waals surface area contributed by atoms with Crippen LogP contribution in [0.1, 0.15) is 40.3 Å². The van der Waals surface area contributed by atoms with Crippen molar-refractivity contribution in [1.29, 1.82) is 0 Å². The summed E-state index contributed by atoms with van der Waals surface area (Å²) in [6, 6.07) is 5.94. The summed E-state index contributed by atoms with van der Waals surface area (Å²) < 4.78 is 18.7. The average Bonchev–Trinajstić information content (AvgIpc) is 2.91. The van der Waals surface area contributed by atoms with Gasteiger partial charge in [-0.2, -0.15) is 0 Å². The molecule has 2 aromatic rings. The fraction of sp³-hybridized carbons (Fsp3) is 0.450. The van der Waals surface area contributed by atoms with Gasteiger partial charge in [-0.05, 0) is 70.0 Å². The van der Waals surface area contributed by atoms with Gasteiger partial charge in [-0.15, -0.1) is 0 Å². The Hall–Kier alpha value is -1.85. The normalized spacial score (nSPS) is 16.0. The minimum Gasteiger partial charge on any atom is -0.466 e. The van der Waals surface area contributed by atoms with Crippen LogP contribution in [0.25, 0.3) is 0 Å². The maximum absolute atomic E-state index is 13.1. The van der Waals surface area contributed by atoms with Gasteiger partial charge in [-0.3, -0.25) is 9.69 Å². The number of rotatable bonds is 5. The van der Waals surface area contributed by atoms with Crippen LogP contribution in [0.2, 0.25) is 5.02 Å². The van der Waals surface area contributed by atoms with Crippen LogP contribution < -0.4 is 5.32 Å². The summed E-state index contributed by atoms with van der Waals surface area (Å²) in [4.78, 5) is 14.6. The zero-order valence-corrected chi connectivity index (χ0v) is 15.9. The molecule has 6 heteroatoms. The van der Waals surface area contributed by atoms with Gasteiger partial charge in [0.25, 0.3) is 5.91 Å². The van der Waals surface area contributed by atoms with Crippen molar-refractivity contribution in [2.24, 2.45) is 5.92 Å². The van der Waals surface area contributed by atoms with Gasteiger partial charge in [0.15, 0.2) is 0 Å². The minimum absolute atomic E-state index is 0.142. The van der Waals surface area contributed by atoms with E-state index < -0.39 is 5.82 Å². The number of benzene rings is 1. The van der Waals surface area contributed by atoms with Gasteiger partial charge in [0.05, 0.1) is 10.6 Å². The van der Waals surface area contributed by atoms with Crippen molar-refractivity contribution in [3.05, 3.63) is 57.8 Å². The van der Waals surface area contributed by atoms with Crippen LogP contribution >= 0.6 is 11.6 Å². The van der Waals surface area contributed by atoms with E-state index in [1.165, 1.54) is 17.7 Å². The zero-order chi connectivity index (χ0) is 18.7. The third-order valence-electron chi connectivity index (χ3n) is 4.97. The van der Waals surface area contributed by atoms with Crippen LogP contribution in [0.15, 0.2) is 28.7 Å². The average molecular weight is 379 g/mol. The van der Waals surface area contributed by atoms with E-state index in [4.69, 9.17) is 16.0 Å². The first kappa shape index (κ1) is 18.9. The number of piperidine rings is 1. The minimum atomic E-state index is -0.443. The van der Waals surface area contributed by atoms with Crippen molar-refractivity contribution in [3.8, 4) is 0 Å². The fourth-order valence-electron chi connectivity index (χ4n) is 3.44. The van der Waals surface area contributed by atoms with E-state index in [1.807, 2.05) is 13.8 Å². The van der Waals surface area contributed by atoms with Crippen molar-refractivity contribution < 1.29 is 13.6 Å². The molecule has 0 aliphatic carbocycles. The Morgan fingerprint density at radius 2 is 2.04 bits per heavy atom. The van der Waals surface area contributed by atoms with Gasteiger partial charge in [0, 0.05) is 18.7 Å².